The second-order valence-electron chi connectivity index (χ2n) is 10.2. The molecule has 0 saturated carbocycles. The van der Waals surface area contributed by atoms with Crippen molar-refractivity contribution < 1.29 is 30.0 Å². The van der Waals surface area contributed by atoms with Gasteiger partial charge in [-0.25, -0.2) is 21.6 Å². The van der Waals surface area contributed by atoms with E-state index in [-0.39, 0.29) is 29.2 Å². The van der Waals surface area contributed by atoms with Crippen LogP contribution < -0.4 is 9.82 Å². The van der Waals surface area contributed by atoms with Crippen LogP contribution in [0.4, 0.5) is 13.2 Å². The normalized spacial score (nSPS) is 12.6. The smallest absolute Gasteiger partial charge is 0.274 e. The van der Waals surface area contributed by atoms with Crippen molar-refractivity contribution in [1.82, 2.24) is 18.5 Å². The van der Waals surface area contributed by atoms with Gasteiger partial charge in [-0.1, -0.05) is 67.9 Å². The van der Waals surface area contributed by atoms with Gasteiger partial charge in [0.2, 0.25) is 10.0 Å². The minimum atomic E-state index is -4.73. The van der Waals surface area contributed by atoms with Crippen molar-refractivity contribution in [2.75, 3.05) is 0 Å². The number of aryl methyl sites for hydroxylation is 1. The highest BCUT2D eigenvalue weighted by Crippen LogP contribution is 2.33. The van der Waals surface area contributed by atoms with Crippen molar-refractivity contribution >= 4 is 20.0 Å². The molecule has 43 heavy (non-hydrogen) atoms. The van der Waals surface area contributed by atoms with Crippen LogP contribution in [-0.2, 0) is 39.2 Å². The fraction of sp³-hybridized carbons (Fsp3) is 0.310. The maximum atomic E-state index is 13.8. The molecule has 0 atom stereocenters. The van der Waals surface area contributed by atoms with Gasteiger partial charge in [0.25, 0.3) is 10.0 Å². The Hall–Kier alpha value is -3.75. The number of nitrogens with one attached hydrogen (secondary N) is 1. The number of benzene rings is 3. The zero-order valence-electron chi connectivity index (χ0n) is 23.7. The molecule has 0 aliphatic carbocycles. The van der Waals surface area contributed by atoms with Crippen molar-refractivity contribution in [2.45, 2.75) is 62.9 Å². The molecular weight excluding hydrogens is 605 g/mol. The third kappa shape index (κ3) is 7.08. The monoisotopic (exact) mass is 636 g/mol. The van der Waals surface area contributed by atoms with E-state index in [1.807, 2.05) is 6.92 Å². The minimum Gasteiger partial charge on any atom is -0.274 e. The molecule has 0 bridgehead atoms. The molecule has 0 aliphatic heterocycles. The number of nitrogens with zero attached hydrogens (tertiary/aromatic N) is 3. The highest BCUT2D eigenvalue weighted by atomic mass is 32.3. The fourth-order valence-corrected chi connectivity index (χ4v) is 7.53. The summed E-state index contributed by atoms with van der Waals surface area (Å²) in [5.41, 5.74) is -1.26. The standard InChI is InChI=1S/C29H31F3N4O5S2/c1-4-5-15-27-33-36(25-14-10-9-13-24(25)29(30,31)32)28(37)35(27)19-21-16-17-23(22-11-7-6-8-12-22)26(18-21)43(40,41)34-42(38,39)20(2)3/h6-14,16-18,20,34H,4-5,15,19H2,1-3H3. The Morgan fingerprint density at radius 3 is 2.21 bits per heavy atom. The number of hydrogen-bond acceptors (Lipinski definition) is 6. The maximum absolute atomic E-state index is 13.8. The summed E-state index contributed by atoms with van der Waals surface area (Å²) in [6.45, 7) is 4.37. The zero-order valence-corrected chi connectivity index (χ0v) is 25.3. The fourth-order valence-electron chi connectivity index (χ4n) is 4.39. The van der Waals surface area contributed by atoms with Gasteiger partial charge in [-0.3, -0.25) is 4.57 Å². The summed E-state index contributed by atoms with van der Waals surface area (Å²) in [4.78, 5) is 13.2. The summed E-state index contributed by atoms with van der Waals surface area (Å²) in [7, 11) is -8.86. The predicted octanol–water partition coefficient (Wildman–Crippen LogP) is 5.13. The summed E-state index contributed by atoms with van der Waals surface area (Å²) in [6, 6.07) is 17.4. The van der Waals surface area contributed by atoms with Gasteiger partial charge in [0.05, 0.1) is 27.9 Å². The van der Waals surface area contributed by atoms with Crippen molar-refractivity contribution in [2.24, 2.45) is 0 Å². The minimum absolute atomic E-state index is 0.222. The van der Waals surface area contributed by atoms with E-state index in [9.17, 15) is 34.8 Å². The molecule has 4 aromatic rings. The summed E-state index contributed by atoms with van der Waals surface area (Å²) >= 11 is 0. The molecule has 0 radical (unpaired) electrons. The van der Waals surface area contributed by atoms with Crippen LogP contribution in [0.5, 0.6) is 0 Å². The Bertz CT molecular complexity index is 1880. The van der Waals surface area contributed by atoms with Gasteiger partial charge in [-0.2, -0.15) is 17.9 Å². The van der Waals surface area contributed by atoms with E-state index in [0.717, 1.165) is 18.6 Å². The molecule has 0 unspecified atom stereocenters. The van der Waals surface area contributed by atoms with E-state index >= 15 is 0 Å². The van der Waals surface area contributed by atoms with E-state index in [0.29, 0.717) is 22.2 Å². The number of aromatic nitrogens is 3. The van der Waals surface area contributed by atoms with Crippen molar-refractivity contribution in [1.29, 1.82) is 0 Å². The lowest BCUT2D eigenvalue weighted by Gasteiger charge is -2.15. The molecule has 0 amide bonds. The van der Waals surface area contributed by atoms with Crippen LogP contribution in [0.1, 0.15) is 50.6 Å². The van der Waals surface area contributed by atoms with Gasteiger partial charge in [0.15, 0.2) is 0 Å². The first-order valence-electron chi connectivity index (χ1n) is 13.5. The molecule has 3 aromatic carbocycles. The van der Waals surface area contributed by atoms with Gasteiger partial charge in [0.1, 0.15) is 5.82 Å². The number of hydrogen-bond donors (Lipinski definition) is 1. The SMILES string of the molecule is CCCCc1nn(-c2ccccc2C(F)(F)F)c(=O)n1Cc1ccc(-c2ccccc2)c(S(=O)(=O)NS(=O)(=O)C(C)C)c1. The van der Waals surface area contributed by atoms with Crippen LogP contribution in [0, 0.1) is 0 Å². The molecule has 0 spiro atoms. The van der Waals surface area contributed by atoms with Crippen LogP contribution in [0.2, 0.25) is 0 Å². The summed E-state index contributed by atoms with van der Waals surface area (Å²) in [5.74, 6) is 0.223. The highest BCUT2D eigenvalue weighted by Gasteiger charge is 2.35. The molecule has 1 aromatic heterocycles. The maximum Gasteiger partial charge on any atom is 0.418 e. The van der Waals surface area contributed by atoms with Gasteiger partial charge < -0.3 is 0 Å². The Morgan fingerprint density at radius 1 is 0.930 bits per heavy atom. The summed E-state index contributed by atoms with van der Waals surface area (Å²) in [6.07, 6.45) is -3.12. The topological polar surface area (TPSA) is 120 Å². The van der Waals surface area contributed by atoms with Crippen LogP contribution in [0.3, 0.4) is 0 Å². The van der Waals surface area contributed by atoms with E-state index in [4.69, 9.17) is 0 Å². The molecule has 230 valence electrons. The van der Waals surface area contributed by atoms with Crippen molar-refractivity contribution in [3.63, 3.8) is 0 Å². The Kier molecular flexibility index (Phi) is 9.33. The molecule has 4 rings (SSSR count). The molecule has 1 N–H and O–H groups in total. The second kappa shape index (κ2) is 12.5. The number of alkyl halides is 3. The van der Waals surface area contributed by atoms with Crippen molar-refractivity contribution in [3.8, 4) is 16.8 Å². The molecule has 0 saturated heterocycles. The first-order valence-corrected chi connectivity index (χ1v) is 16.5. The van der Waals surface area contributed by atoms with Crippen LogP contribution in [0.25, 0.3) is 16.8 Å². The molecule has 0 aliphatic rings. The first-order chi connectivity index (χ1) is 20.2. The Balaban J connectivity index is 1.87. The van der Waals surface area contributed by atoms with Crippen molar-refractivity contribution in [3.05, 3.63) is 100 Å². The molecular formula is C29H31F3N4O5S2. The van der Waals surface area contributed by atoms with E-state index < -0.39 is 48.4 Å². The van der Waals surface area contributed by atoms with Gasteiger partial charge in [-0.15, -0.1) is 9.23 Å². The zero-order chi connectivity index (χ0) is 31.6. The average molecular weight is 637 g/mol. The number of halogens is 3. The molecule has 9 nitrogen and oxygen atoms in total. The van der Waals surface area contributed by atoms with Crippen LogP contribution >= 0.6 is 0 Å². The van der Waals surface area contributed by atoms with E-state index in [2.05, 4.69) is 5.10 Å². The number of unbranched alkanes of at least 4 members (excludes halogenated alkanes) is 1. The van der Waals surface area contributed by atoms with Crippen LogP contribution in [-0.4, -0.2) is 36.4 Å². The van der Waals surface area contributed by atoms with Gasteiger partial charge >= 0.3 is 11.9 Å². The molecule has 1 heterocycles. The molecule has 0 fully saturated rings. The average Bonchev–Trinajstić information content (AvgIpc) is 3.25. The Morgan fingerprint density at radius 2 is 1.58 bits per heavy atom. The third-order valence-corrected chi connectivity index (χ3v) is 10.7. The lowest BCUT2D eigenvalue weighted by atomic mass is 10.0. The third-order valence-electron chi connectivity index (χ3n) is 6.74. The number of rotatable bonds is 11. The second-order valence-corrected chi connectivity index (χ2v) is 14.3. The number of para-hydroxylation sites is 1. The van der Waals surface area contributed by atoms with Gasteiger partial charge in [-0.05, 0) is 49.6 Å². The lowest BCUT2D eigenvalue weighted by Crippen LogP contribution is -2.36. The lowest BCUT2D eigenvalue weighted by molar-refractivity contribution is -0.137. The summed E-state index contributed by atoms with van der Waals surface area (Å²) in [5, 5.41) is 3.22. The summed E-state index contributed by atoms with van der Waals surface area (Å²) < 4.78 is 97.0. The quantitative estimate of drug-likeness (QED) is 0.244. The predicted molar refractivity (Wildman–Crippen MR) is 157 cm³/mol. The molecule has 14 heteroatoms. The van der Waals surface area contributed by atoms with Crippen LogP contribution in [0.15, 0.2) is 82.5 Å². The largest absolute Gasteiger partial charge is 0.418 e. The van der Waals surface area contributed by atoms with Gasteiger partial charge in [0, 0.05) is 12.0 Å². The number of sulfonamides is 2. The van der Waals surface area contributed by atoms with E-state index in [1.165, 1.54) is 42.7 Å². The Labute approximate surface area is 248 Å². The van der Waals surface area contributed by atoms with E-state index in [1.54, 1.807) is 40.5 Å². The highest BCUT2D eigenvalue weighted by molar-refractivity contribution is 8.05. The first kappa shape index (κ1) is 32.2.